The Morgan fingerprint density at radius 3 is 2.56 bits per heavy atom. The SMILES string of the molecule is COc1cc(/C=N/NC(=O)c2cccs2)cc(I)c1Oc1ccc([N+](=O)[O-])cc1[N+](=O)[O-]. The average Bonchev–Trinajstić information content (AvgIpc) is 3.30. The maximum atomic E-state index is 11.9. The number of non-ortho nitro benzene ring substituents is 1. The molecule has 0 atom stereocenters. The van der Waals surface area contributed by atoms with Crippen LogP contribution in [0.2, 0.25) is 0 Å². The van der Waals surface area contributed by atoms with E-state index in [-0.39, 0.29) is 23.2 Å². The summed E-state index contributed by atoms with van der Waals surface area (Å²) in [5, 5.41) is 28.0. The average molecular weight is 568 g/mol. The molecule has 0 radical (unpaired) electrons. The second-order valence-corrected chi connectivity index (χ2v) is 8.09. The number of benzene rings is 2. The van der Waals surface area contributed by atoms with Gasteiger partial charge in [0, 0.05) is 6.07 Å². The first-order valence-electron chi connectivity index (χ1n) is 8.65. The predicted octanol–water partition coefficient (Wildman–Crippen LogP) is 4.73. The number of ether oxygens (including phenoxy) is 2. The number of rotatable bonds is 8. The van der Waals surface area contributed by atoms with Gasteiger partial charge in [0.05, 0.1) is 37.7 Å². The number of nitro groups is 2. The lowest BCUT2D eigenvalue weighted by molar-refractivity contribution is -0.394. The molecule has 11 nitrogen and oxygen atoms in total. The molecule has 0 aliphatic carbocycles. The molecule has 1 amide bonds. The summed E-state index contributed by atoms with van der Waals surface area (Å²) in [4.78, 5) is 33.2. The molecule has 0 saturated heterocycles. The van der Waals surface area contributed by atoms with Crippen molar-refractivity contribution in [1.29, 1.82) is 0 Å². The maximum Gasteiger partial charge on any atom is 0.318 e. The summed E-state index contributed by atoms with van der Waals surface area (Å²) in [6.07, 6.45) is 1.41. The zero-order valence-corrected chi connectivity index (χ0v) is 19.2. The fraction of sp³-hybridized carbons (Fsp3) is 0.0526. The highest BCUT2D eigenvalue weighted by molar-refractivity contribution is 14.1. The Morgan fingerprint density at radius 2 is 1.94 bits per heavy atom. The minimum Gasteiger partial charge on any atom is -0.493 e. The summed E-state index contributed by atoms with van der Waals surface area (Å²) in [6.45, 7) is 0. The van der Waals surface area contributed by atoms with Gasteiger partial charge in [-0.2, -0.15) is 5.10 Å². The van der Waals surface area contributed by atoms with E-state index in [4.69, 9.17) is 9.47 Å². The number of hydrogen-bond donors (Lipinski definition) is 1. The lowest BCUT2D eigenvalue weighted by Gasteiger charge is -2.13. The molecule has 0 unspecified atom stereocenters. The predicted molar refractivity (Wildman–Crippen MR) is 125 cm³/mol. The molecule has 0 spiro atoms. The number of nitrogens with zero attached hydrogens (tertiary/aromatic N) is 3. The van der Waals surface area contributed by atoms with Gasteiger partial charge in [0.15, 0.2) is 11.5 Å². The number of amides is 1. The minimum absolute atomic E-state index is 0.179. The summed E-state index contributed by atoms with van der Waals surface area (Å²) in [6, 6.07) is 9.74. The second kappa shape index (κ2) is 10.1. The van der Waals surface area contributed by atoms with Gasteiger partial charge in [-0.3, -0.25) is 25.0 Å². The van der Waals surface area contributed by atoms with Crippen molar-refractivity contribution in [1.82, 2.24) is 5.43 Å². The van der Waals surface area contributed by atoms with E-state index in [1.165, 1.54) is 24.7 Å². The Balaban J connectivity index is 1.86. The third-order valence-electron chi connectivity index (χ3n) is 3.94. The molecule has 0 bridgehead atoms. The van der Waals surface area contributed by atoms with E-state index in [0.717, 1.165) is 18.2 Å². The Morgan fingerprint density at radius 1 is 1.16 bits per heavy atom. The molecule has 1 aromatic heterocycles. The van der Waals surface area contributed by atoms with E-state index in [2.05, 4.69) is 10.5 Å². The Kier molecular flexibility index (Phi) is 7.32. The highest BCUT2D eigenvalue weighted by atomic mass is 127. The van der Waals surface area contributed by atoms with Crippen LogP contribution < -0.4 is 14.9 Å². The van der Waals surface area contributed by atoms with Crippen LogP contribution in [0.25, 0.3) is 0 Å². The number of carbonyl (C=O) groups is 1. The largest absolute Gasteiger partial charge is 0.493 e. The number of nitrogens with one attached hydrogen (secondary N) is 1. The van der Waals surface area contributed by atoms with Crippen molar-refractivity contribution in [3.8, 4) is 17.2 Å². The fourth-order valence-corrected chi connectivity index (χ4v) is 3.85. The van der Waals surface area contributed by atoms with Crippen LogP contribution in [0.4, 0.5) is 11.4 Å². The van der Waals surface area contributed by atoms with Gasteiger partial charge in [-0.15, -0.1) is 11.3 Å². The van der Waals surface area contributed by atoms with Crippen LogP contribution in [0, 0.1) is 23.8 Å². The zero-order valence-electron chi connectivity index (χ0n) is 16.2. The third-order valence-corrected chi connectivity index (χ3v) is 5.61. The van der Waals surface area contributed by atoms with Crippen molar-refractivity contribution in [2.24, 2.45) is 5.10 Å². The Hall–Kier alpha value is -3.59. The van der Waals surface area contributed by atoms with Gasteiger partial charge in [-0.1, -0.05) is 6.07 Å². The Bertz CT molecular complexity index is 1210. The van der Waals surface area contributed by atoms with Crippen LogP contribution in [0.1, 0.15) is 15.2 Å². The summed E-state index contributed by atoms with van der Waals surface area (Å²) in [5.41, 5.74) is 2.00. The van der Waals surface area contributed by atoms with Crippen molar-refractivity contribution >= 4 is 57.4 Å². The minimum atomic E-state index is -0.765. The second-order valence-electron chi connectivity index (χ2n) is 5.98. The number of thiophene rings is 1. The molecule has 0 aliphatic heterocycles. The molecule has 3 aromatic rings. The standard InChI is InChI=1S/C19H13IN4O7S/c1-30-16-8-11(10-21-22-19(25)17-3-2-6-32-17)7-13(20)18(16)31-15-5-4-12(23(26)27)9-14(15)24(28)29/h2-10H,1H3,(H,22,25)/b21-10+. The summed E-state index contributed by atoms with van der Waals surface area (Å²) in [5.74, 6) is -0.0924. The van der Waals surface area contributed by atoms with Crippen molar-refractivity contribution < 1.29 is 24.1 Å². The molecule has 164 valence electrons. The zero-order chi connectivity index (χ0) is 23.3. The highest BCUT2D eigenvalue weighted by Gasteiger charge is 2.23. The van der Waals surface area contributed by atoms with Crippen LogP contribution in [0.15, 0.2) is 52.9 Å². The summed E-state index contributed by atoms with van der Waals surface area (Å²) < 4.78 is 11.6. The molecule has 2 aromatic carbocycles. The van der Waals surface area contributed by atoms with Crippen molar-refractivity contribution in [3.05, 3.63) is 82.1 Å². The summed E-state index contributed by atoms with van der Waals surface area (Å²) in [7, 11) is 1.39. The molecule has 32 heavy (non-hydrogen) atoms. The van der Waals surface area contributed by atoms with Gasteiger partial charge >= 0.3 is 5.69 Å². The van der Waals surface area contributed by atoms with Crippen LogP contribution in [0.3, 0.4) is 0 Å². The van der Waals surface area contributed by atoms with Gasteiger partial charge in [-0.05, 0) is 57.8 Å². The fourth-order valence-electron chi connectivity index (χ4n) is 2.50. The third kappa shape index (κ3) is 5.36. The first-order chi connectivity index (χ1) is 15.3. The number of carbonyl (C=O) groups excluding carboxylic acids is 1. The van der Waals surface area contributed by atoms with Crippen LogP contribution in [-0.2, 0) is 0 Å². The van der Waals surface area contributed by atoms with Gasteiger partial charge in [0.1, 0.15) is 0 Å². The lowest BCUT2D eigenvalue weighted by atomic mass is 10.2. The molecule has 1 heterocycles. The lowest BCUT2D eigenvalue weighted by Crippen LogP contribution is -2.16. The number of methoxy groups -OCH3 is 1. The molecule has 13 heteroatoms. The summed E-state index contributed by atoms with van der Waals surface area (Å²) >= 11 is 3.24. The molecule has 0 saturated carbocycles. The quantitative estimate of drug-likeness (QED) is 0.179. The van der Waals surface area contributed by atoms with E-state index in [1.807, 2.05) is 22.6 Å². The molecule has 1 N–H and O–H groups in total. The topological polar surface area (TPSA) is 146 Å². The van der Waals surface area contributed by atoms with E-state index in [1.54, 1.807) is 29.6 Å². The van der Waals surface area contributed by atoms with Crippen molar-refractivity contribution in [2.45, 2.75) is 0 Å². The smallest absolute Gasteiger partial charge is 0.318 e. The maximum absolute atomic E-state index is 11.9. The number of hydrazone groups is 1. The first kappa shape index (κ1) is 23.1. The van der Waals surface area contributed by atoms with Gasteiger partial charge in [0.25, 0.3) is 11.6 Å². The van der Waals surface area contributed by atoms with Gasteiger partial charge in [-0.25, -0.2) is 5.43 Å². The van der Waals surface area contributed by atoms with Crippen LogP contribution >= 0.6 is 33.9 Å². The van der Waals surface area contributed by atoms with E-state index in [9.17, 15) is 25.0 Å². The molecule has 3 rings (SSSR count). The molecular weight excluding hydrogens is 555 g/mol. The first-order valence-corrected chi connectivity index (χ1v) is 10.6. The number of hydrogen-bond acceptors (Lipinski definition) is 9. The van der Waals surface area contributed by atoms with Gasteiger partial charge in [0.2, 0.25) is 5.75 Å². The normalized spacial score (nSPS) is 10.7. The highest BCUT2D eigenvalue weighted by Crippen LogP contribution is 2.41. The van der Waals surface area contributed by atoms with Crippen molar-refractivity contribution in [3.63, 3.8) is 0 Å². The van der Waals surface area contributed by atoms with Crippen molar-refractivity contribution in [2.75, 3.05) is 7.11 Å². The van der Waals surface area contributed by atoms with Gasteiger partial charge < -0.3 is 9.47 Å². The molecule has 0 fully saturated rings. The van der Waals surface area contributed by atoms with Crippen LogP contribution in [-0.4, -0.2) is 29.1 Å². The number of halogens is 1. The number of nitro benzene ring substituents is 2. The molecular formula is C19H13IN4O7S. The van der Waals surface area contributed by atoms with E-state index < -0.39 is 21.2 Å². The van der Waals surface area contributed by atoms with Crippen LogP contribution in [0.5, 0.6) is 17.2 Å². The monoisotopic (exact) mass is 568 g/mol. The molecule has 0 aliphatic rings. The van der Waals surface area contributed by atoms with E-state index in [0.29, 0.717) is 14.0 Å². The Labute approximate surface area is 198 Å². The van der Waals surface area contributed by atoms with E-state index >= 15 is 0 Å².